The second-order valence-electron chi connectivity index (χ2n) is 5.23. The van der Waals surface area contributed by atoms with Crippen molar-refractivity contribution < 1.29 is 4.79 Å². The zero-order chi connectivity index (χ0) is 15.1. The Bertz CT molecular complexity index is 757. The molecule has 0 atom stereocenters. The van der Waals surface area contributed by atoms with Crippen LogP contribution in [0.1, 0.15) is 16.7 Å². The van der Waals surface area contributed by atoms with E-state index >= 15 is 0 Å². The van der Waals surface area contributed by atoms with Crippen LogP contribution in [-0.2, 0) is 4.79 Å². The van der Waals surface area contributed by atoms with Crippen LogP contribution in [0, 0.1) is 13.8 Å². The minimum Gasteiger partial charge on any atom is -0.309 e. The number of carbonyl (C=O) groups excluding carboxylic acids is 1. The van der Waals surface area contributed by atoms with Gasteiger partial charge in [-0.2, -0.15) is 0 Å². The highest BCUT2D eigenvalue weighted by Gasteiger charge is 2.31. The van der Waals surface area contributed by atoms with Crippen LogP contribution in [0.4, 0.5) is 11.4 Å². The number of anilines is 1. The Morgan fingerprint density at radius 2 is 1.71 bits per heavy atom. The zero-order valence-corrected chi connectivity index (χ0v) is 13.7. The average molecular weight is 343 g/mol. The second-order valence-corrected chi connectivity index (χ2v) is 6.15. The van der Waals surface area contributed by atoms with E-state index in [2.05, 4.69) is 20.9 Å². The molecule has 2 aromatic carbocycles. The monoisotopic (exact) mass is 342 g/mol. The maximum atomic E-state index is 12.4. The summed E-state index contributed by atoms with van der Waals surface area (Å²) in [6.07, 6.45) is 0. The Morgan fingerprint density at radius 1 is 1.10 bits per heavy atom. The van der Waals surface area contributed by atoms with Crippen molar-refractivity contribution in [3.05, 3.63) is 57.6 Å². The number of aryl methyl sites for hydroxylation is 2. The minimum atomic E-state index is -0.0575. The quantitative estimate of drug-likeness (QED) is 0.765. The van der Waals surface area contributed by atoms with E-state index in [1.165, 1.54) is 0 Å². The molecule has 1 aliphatic heterocycles. The van der Waals surface area contributed by atoms with E-state index in [1.807, 2.05) is 50.2 Å². The van der Waals surface area contributed by atoms with Gasteiger partial charge in [0.1, 0.15) is 5.71 Å². The van der Waals surface area contributed by atoms with Crippen LogP contribution in [0.15, 0.2) is 45.9 Å². The summed E-state index contributed by atoms with van der Waals surface area (Å²) in [6.45, 7) is 4.01. The molecule has 0 saturated heterocycles. The van der Waals surface area contributed by atoms with E-state index in [4.69, 9.17) is 0 Å². The lowest BCUT2D eigenvalue weighted by molar-refractivity contribution is -0.111. The number of amides is 1. The smallest absolute Gasteiger partial charge is 0.277 e. The molecule has 21 heavy (non-hydrogen) atoms. The number of rotatable bonds is 1. The summed E-state index contributed by atoms with van der Waals surface area (Å²) in [7, 11) is 1.78. The van der Waals surface area contributed by atoms with Gasteiger partial charge in [0.2, 0.25) is 0 Å². The van der Waals surface area contributed by atoms with Gasteiger partial charge in [0, 0.05) is 17.1 Å². The van der Waals surface area contributed by atoms with E-state index in [1.54, 1.807) is 11.9 Å². The minimum absolute atomic E-state index is 0.0575. The predicted octanol–water partition coefficient (Wildman–Crippen LogP) is 4.16. The molecule has 0 aliphatic carbocycles. The summed E-state index contributed by atoms with van der Waals surface area (Å²) < 4.78 is 1.02. The summed E-state index contributed by atoms with van der Waals surface area (Å²) in [5.41, 5.74) is 5.29. The second kappa shape index (κ2) is 5.11. The maximum absolute atomic E-state index is 12.4. The molecule has 3 rings (SSSR count). The van der Waals surface area contributed by atoms with Crippen molar-refractivity contribution in [1.82, 2.24) is 0 Å². The van der Waals surface area contributed by atoms with Crippen molar-refractivity contribution in [3.63, 3.8) is 0 Å². The number of aliphatic imine (C=N–C) groups is 1. The van der Waals surface area contributed by atoms with Crippen LogP contribution in [0.2, 0.25) is 0 Å². The maximum Gasteiger partial charge on any atom is 0.277 e. The number of fused-ring (bicyclic) bond motifs is 1. The van der Waals surface area contributed by atoms with Crippen molar-refractivity contribution in [3.8, 4) is 0 Å². The lowest BCUT2D eigenvalue weighted by atomic mass is 10.1. The third-order valence-electron chi connectivity index (χ3n) is 3.71. The molecule has 1 amide bonds. The molecule has 0 saturated carbocycles. The molecule has 0 N–H and O–H groups in total. The molecular formula is C17H15BrN2O. The van der Waals surface area contributed by atoms with Crippen LogP contribution in [0.3, 0.4) is 0 Å². The predicted molar refractivity (Wildman–Crippen MR) is 89.7 cm³/mol. The summed E-state index contributed by atoms with van der Waals surface area (Å²) in [6, 6.07) is 11.8. The molecular weight excluding hydrogens is 328 g/mol. The number of carbonyl (C=O) groups is 1. The first kappa shape index (κ1) is 14.0. The molecule has 0 unspecified atom stereocenters. The van der Waals surface area contributed by atoms with Crippen LogP contribution in [0.25, 0.3) is 0 Å². The van der Waals surface area contributed by atoms with E-state index in [0.717, 1.165) is 32.5 Å². The normalized spacial score (nSPS) is 15.7. The van der Waals surface area contributed by atoms with Gasteiger partial charge in [-0.05, 0) is 43.2 Å². The highest BCUT2D eigenvalue weighted by atomic mass is 79.9. The highest BCUT2D eigenvalue weighted by molar-refractivity contribution is 9.10. The first-order valence-corrected chi connectivity index (χ1v) is 7.51. The van der Waals surface area contributed by atoms with Gasteiger partial charge in [0.05, 0.1) is 11.4 Å². The SMILES string of the molecule is Cc1cc(Br)cc(C)c1N=C1C(=O)N(C)c2ccccc21. The molecule has 1 heterocycles. The van der Waals surface area contributed by atoms with Gasteiger partial charge in [-0.3, -0.25) is 4.79 Å². The van der Waals surface area contributed by atoms with E-state index in [0.29, 0.717) is 5.71 Å². The average Bonchev–Trinajstić information content (AvgIpc) is 2.67. The Morgan fingerprint density at radius 3 is 2.38 bits per heavy atom. The van der Waals surface area contributed by atoms with Gasteiger partial charge < -0.3 is 4.90 Å². The molecule has 1 aliphatic rings. The number of hydrogen-bond donors (Lipinski definition) is 0. The van der Waals surface area contributed by atoms with Crippen molar-refractivity contribution in [2.24, 2.45) is 4.99 Å². The number of halogens is 1. The number of nitrogens with zero attached hydrogens (tertiary/aromatic N) is 2. The van der Waals surface area contributed by atoms with Gasteiger partial charge in [-0.1, -0.05) is 34.1 Å². The fourth-order valence-corrected chi connectivity index (χ4v) is 3.34. The van der Waals surface area contributed by atoms with Crippen LogP contribution >= 0.6 is 15.9 Å². The molecule has 0 radical (unpaired) electrons. The molecule has 0 fully saturated rings. The summed E-state index contributed by atoms with van der Waals surface area (Å²) in [4.78, 5) is 18.8. The Hall–Kier alpha value is -1.94. The molecule has 0 aromatic heterocycles. The van der Waals surface area contributed by atoms with E-state index in [-0.39, 0.29) is 5.91 Å². The number of likely N-dealkylation sites (N-methyl/N-ethyl adjacent to an activating group) is 1. The first-order valence-electron chi connectivity index (χ1n) is 6.72. The number of hydrogen-bond acceptors (Lipinski definition) is 2. The highest BCUT2D eigenvalue weighted by Crippen LogP contribution is 2.32. The van der Waals surface area contributed by atoms with Gasteiger partial charge in [-0.15, -0.1) is 0 Å². The summed E-state index contributed by atoms with van der Waals surface area (Å²) in [5.74, 6) is -0.0575. The van der Waals surface area contributed by atoms with Gasteiger partial charge in [0.25, 0.3) is 5.91 Å². The van der Waals surface area contributed by atoms with E-state index in [9.17, 15) is 4.79 Å². The zero-order valence-electron chi connectivity index (χ0n) is 12.1. The third-order valence-corrected chi connectivity index (χ3v) is 4.17. The molecule has 0 bridgehead atoms. The topological polar surface area (TPSA) is 32.7 Å². The standard InChI is InChI=1S/C17H15BrN2O/c1-10-8-12(18)9-11(2)15(10)19-16-13-6-4-5-7-14(13)20(3)17(16)21/h4-9H,1-3H3. The van der Waals surface area contributed by atoms with Crippen molar-refractivity contribution in [2.75, 3.05) is 11.9 Å². The lowest BCUT2D eigenvalue weighted by Gasteiger charge is -2.08. The fraction of sp³-hybridized carbons (Fsp3) is 0.176. The molecule has 2 aromatic rings. The van der Waals surface area contributed by atoms with Crippen molar-refractivity contribution in [2.45, 2.75) is 13.8 Å². The van der Waals surface area contributed by atoms with Crippen molar-refractivity contribution >= 4 is 38.9 Å². The Labute approximate surface area is 132 Å². The summed E-state index contributed by atoms with van der Waals surface area (Å²) >= 11 is 3.48. The van der Waals surface area contributed by atoms with Gasteiger partial charge >= 0.3 is 0 Å². The van der Waals surface area contributed by atoms with Crippen LogP contribution < -0.4 is 4.90 Å². The summed E-state index contributed by atoms with van der Waals surface area (Å²) in [5, 5.41) is 0. The number of para-hydroxylation sites is 1. The first-order chi connectivity index (χ1) is 9.99. The molecule has 0 spiro atoms. The Kier molecular flexibility index (Phi) is 3.41. The molecule has 3 nitrogen and oxygen atoms in total. The van der Waals surface area contributed by atoms with Gasteiger partial charge in [0.15, 0.2) is 0 Å². The third kappa shape index (κ3) is 2.29. The molecule has 106 valence electrons. The van der Waals surface area contributed by atoms with E-state index < -0.39 is 0 Å². The molecule has 4 heteroatoms. The largest absolute Gasteiger partial charge is 0.309 e. The van der Waals surface area contributed by atoms with Crippen LogP contribution in [-0.4, -0.2) is 18.7 Å². The fourth-order valence-electron chi connectivity index (χ4n) is 2.65. The van der Waals surface area contributed by atoms with Gasteiger partial charge in [-0.25, -0.2) is 4.99 Å². The Balaban J connectivity index is 2.20. The van der Waals surface area contributed by atoms with Crippen molar-refractivity contribution in [1.29, 1.82) is 0 Å². The lowest BCUT2D eigenvalue weighted by Crippen LogP contribution is -2.25. The van der Waals surface area contributed by atoms with Crippen LogP contribution in [0.5, 0.6) is 0 Å². The number of benzene rings is 2.